The van der Waals surface area contributed by atoms with E-state index < -0.39 is 4.92 Å². The van der Waals surface area contributed by atoms with Gasteiger partial charge in [0.25, 0.3) is 11.6 Å². The molecule has 2 rings (SSSR count). The van der Waals surface area contributed by atoms with Gasteiger partial charge < -0.3 is 10.1 Å². The van der Waals surface area contributed by atoms with Gasteiger partial charge in [-0.25, -0.2) is 0 Å². The van der Waals surface area contributed by atoms with E-state index in [1.165, 1.54) is 18.2 Å². The second kappa shape index (κ2) is 7.56. The van der Waals surface area contributed by atoms with E-state index >= 15 is 0 Å². The number of amides is 1. The van der Waals surface area contributed by atoms with Crippen molar-refractivity contribution in [3.05, 3.63) is 61.0 Å². The van der Waals surface area contributed by atoms with Gasteiger partial charge in [0.05, 0.1) is 15.1 Å². The molecule has 0 heterocycles. The second-order valence-electron chi connectivity index (χ2n) is 4.69. The fourth-order valence-corrected chi connectivity index (χ4v) is 2.85. The normalized spacial score (nSPS) is 10.2. The van der Waals surface area contributed by atoms with Crippen LogP contribution in [0.3, 0.4) is 0 Å². The highest BCUT2D eigenvalue weighted by molar-refractivity contribution is 9.11. The van der Waals surface area contributed by atoms with Crippen molar-refractivity contribution < 1.29 is 14.5 Å². The number of carbonyl (C=O) groups excluding carboxylic acids is 1. The Hall–Kier alpha value is -1.93. The van der Waals surface area contributed by atoms with Gasteiger partial charge in [-0.3, -0.25) is 14.9 Å². The summed E-state index contributed by atoms with van der Waals surface area (Å²) in [5.41, 5.74) is 1.45. The van der Waals surface area contributed by atoms with Crippen molar-refractivity contribution in [1.82, 2.24) is 0 Å². The molecule has 1 amide bonds. The Morgan fingerprint density at radius 2 is 1.96 bits per heavy atom. The number of nitrogens with one attached hydrogen (secondary N) is 1. The molecule has 2 aromatic rings. The summed E-state index contributed by atoms with van der Waals surface area (Å²) >= 11 is 6.56. The summed E-state index contributed by atoms with van der Waals surface area (Å²) in [7, 11) is 0. The maximum Gasteiger partial charge on any atom is 0.270 e. The number of nitrogens with zero attached hydrogens (tertiary/aromatic N) is 1. The number of non-ortho nitro benzene ring substituents is 1. The van der Waals surface area contributed by atoms with Crippen LogP contribution < -0.4 is 10.1 Å². The SMILES string of the molecule is Cc1ccc(OCC(=O)Nc2ccc([N+](=O)[O-])cc2Br)c(Br)c1. The number of halogens is 2. The molecule has 0 aromatic heterocycles. The maximum atomic E-state index is 11.9. The van der Waals surface area contributed by atoms with E-state index in [9.17, 15) is 14.9 Å². The molecule has 120 valence electrons. The lowest BCUT2D eigenvalue weighted by atomic mass is 10.2. The smallest absolute Gasteiger partial charge is 0.270 e. The Balaban J connectivity index is 1.98. The van der Waals surface area contributed by atoms with Gasteiger partial charge in [0.2, 0.25) is 0 Å². The summed E-state index contributed by atoms with van der Waals surface area (Å²) < 4.78 is 6.64. The first-order valence-corrected chi connectivity index (χ1v) is 8.08. The summed E-state index contributed by atoms with van der Waals surface area (Å²) in [6, 6.07) is 9.65. The Kier molecular flexibility index (Phi) is 5.73. The molecule has 8 heteroatoms. The Labute approximate surface area is 149 Å². The van der Waals surface area contributed by atoms with Crippen molar-refractivity contribution >= 4 is 49.1 Å². The zero-order valence-corrected chi connectivity index (χ0v) is 15.2. The molecule has 0 radical (unpaired) electrons. The van der Waals surface area contributed by atoms with Crippen LogP contribution in [0.25, 0.3) is 0 Å². The van der Waals surface area contributed by atoms with Crippen molar-refractivity contribution in [3.63, 3.8) is 0 Å². The molecule has 1 N–H and O–H groups in total. The average Bonchev–Trinajstić information content (AvgIpc) is 2.48. The molecular weight excluding hydrogens is 432 g/mol. The number of benzene rings is 2. The molecule has 0 spiro atoms. The first kappa shape index (κ1) is 17.4. The van der Waals surface area contributed by atoms with Crippen LogP contribution in [0, 0.1) is 17.0 Å². The van der Waals surface area contributed by atoms with E-state index in [1.807, 2.05) is 19.1 Å². The molecule has 0 aliphatic heterocycles. The van der Waals surface area contributed by atoms with Gasteiger partial charge in [0, 0.05) is 16.6 Å². The first-order chi connectivity index (χ1) is 10.9. The standard InChI is InChI=1S/C15H12Br2N2O4/c1-9-2-5-14(12(17)6-9)23-8-15(20)18-13-4-3-10(19(21)22)7-11(13)16/h2-7H,8H2,1H3,(H,18,20). The van der Waals surface area contributed by atoms with Crippen molar-refractivity contribution in [3.8, 4) is 5.75 Å². The van der Waals surface area contributed by atoms with Crippen LogP contribution in [-0.4, -0.2) is 17.4 Å². The van der Waals surface area contributed by atoms with Gasteiger partial charge in [-0.1, -0.05) is 6.07 Å². The summed E-state index contributed by atoms with van der Waals surface area (Å²) in [5, 5.41) is 13.3. The highest BCUT2D eigenvalue weighted by atomic mass is 79.9. The van der Waals surface area contributed by atoms with Gasteiger partial charge in [-0.2, -0.15) is 0 Å². The fourth-order valence-electron chi connectivity index (χ4n) is 1.77. The highest BCUT2D eigenvalue weighted by Crippen LogP contribution is 2.28. The van der Waals surface area contributed by atoms with Crippen LogP contribution in [0.2, 0.25) is 0 Å². The molecule has 0 saturated heterocycles. The molecule has 2 aromatic carbocycles. The van der Waals surface area contributed by atoms with E-state index in [2.05, 4.69) is 37.2 Å². The number of nitro benzene ring substituents is 1. The predicted molar refractivity (Wildman–Crippen MR) is 93.8 cm³/mol. The lowest BCUT2D eigenvalue weighted by molar-refractivity contribution is -0.384. The summed E-state index contributed by atoms with van der Waals surface area (Å²) in [5.74, 6) is 0.195. The van der Waals surface area contributed by atoms with Crippen LogP contribution >= 0.6 is 31.9 Å². The van der Waals surface area contributed by atoms with Crippen molar-refractivity contribution in [2.75, 3.05) is 11.9 Å². The molecule has 0 unspecified atom stereocenters. The molecule has 6 nitrogen and oxygen atoms in total. The van der Waals surface area contributed by atoms with Gasteiger partial charge in [-0.05, 0) is 62.5 Å². The molecule has 0 atom stereocenters. The van der Waals surface area contributed by atoms with Gasteiger partial charge in [0.1, 0.15) is 5.75 Å². The Morgan fingerprint density at radius 3 is 2.57 bits per heavy atom. The van der Waals surface area contributed by atoms with Crippen molar-refractivity contribution in [1.29, 1.82) is 0 Å². The first-order valence-electron chi connectivity index (χ1n) is 6.49. The third kappa shape index (κ3) is 4.77. The minimum absolute atomic E-state index is 0.0605. The molecule has 0 fully saturated rings. The van der Waals surface area contributed by atoms with Crippen LogP contribution in [0.4, 0.5) is 11.4 Å². The van der Waals surface area contributed by atoms with Crippen LogP contribution in [0.5, 0.6) is 5.75 Å². The van der Waals surface area contributed by atoms with E-state index in [4.69, 9.17) is 4.74 Å². The van der Waals surface area contributed by atoms with E-state index in [0.717, 1.165) is 10.0 Å². The summed E-state index contributed by atoms with van der Waals surface area (Å²) in [4.78, 5) is 22.1. The van der Waals surface area contributed by atoms with Crippen LogP contribution in [-0.2, 0) is 4.79 Å². The zero-order valence-electron chi connectivity index (χ0n) is 12.0. The fraction of sp³-hybridized carbons (Fsp3) is 0.133. The quantitative estimate of drug-likeness (QED) is 0.546. The molecule has 0 saturated carbocycles. The Morgan fingerprint density at radius 1 is 1.22 bits per heavy atom. The van der Waals surface area contributed by atoms with E-state index in [1.54, 1.807) is 6.07 Å². The maximum absolute atomic E-state index is 11.9. The van der Waals surface area contributed by atoms with Gasteiger partial charge in [0.15, 0.2) is 6.61 Å². The van der Waals surface area contributed by atoms with Crippen molar-refractivity contribution in [2.45, 2.75) is 6.92 Å². The molecular formula is C15H12Br2N2O4. The van der Waals surface area contributed by atoms with Crippen molar-refractivity contribution in [2.24, 2.45) is 0 Å². The van der Waals surface area contributed by atoms with E-state index in [0.29, 0.717) is 15.9 Å². The zero-order chi connectivity index (χ0) is 17.0. The number of ether oxygens (including phenoxy) is 1. The number of hydrogen-bond donors (Lipinski definition) is 1. The Bertz CT molecular complexity index is 765. The van der Waals surface area contributed by atoms with Crippen LogP contribution in [0.1, 0.15) is 5.56 Å². The minimum Gasteiger partial charge on any atom is -0.483 e. The molecule has 0 aliphatic rings. The lowest BCUT2D eigenvalue weighted by Gasteiger charge is -2.10. The number of anilines is 1. The third-order valence-corrected chi connectivity index (χ3v) is 4.16. The second-order valence-corrected chi connectivity index (χ2v) is 6.40. The topological polar surface area (TPSA) is 81.5 Å². The van der Waals surface area contributed by atoms with E-state index in [-0.39, 0.29) is 18.2 Å². The number of hydrogen-bond acceptors (Lipinski definition) is 4. The third-order valence-electron chi connectivity index (χ3n) is 2.88. The monoisotopic (exact) mass is 442 g/mol. The van der Waals surface area contributed by atoms with Gasteiger partial charge >= 0.3 is 0 Å². The number of aryl methyl sites for hydroxylation is 1. The number of carbonyl (C=O) groups is 1. The lowest BCUT2D eigenvalue weighted by Crippen LogP contribution is -2.20. The molecule has 23 heavy (non-hydrogen) atoms. The minimum atomic E-state index is -0.506. The predicted octanol–water partition coefficient (Wildman–Crippen LogP) is 4.45. The number of rotatable bonds is 5. The summed E-state index contributed by atoms with van der Waals surface area (Å²) in [6.45, 7) is 1.78. The van der Waals surface area contributed by atoms with Gasteiger partial charge in [-0.15, -0.1) is 0 Å². The largest absolute Gasteiger partial charge is 0.483 e. The molecule has 0 bridgehead atoms. The molecule has 0 aliphatic carbocycles. The number of nitro groups is 1. The van der Waals surface area contributed by atoms with Crippen LogP contribution in [0.15, 0.2) is 45.3 Å². The summed E-state index contributed by atoms with van der Waals surface area (Å²) in [6.07, 6.45) is 0. The average molecular weight is 444 g/mol. The highest BCUT2D eigenvalue weighted by Gasteiger charge is 2.12.